The zero-order valence-corrected chi connectivity index (χ0v) is 24.4. The second kappa shape index (κ2) is 14.0. The maximum atomic E-state index is 13.9. The van der Waals surface area contributed by atoms with Gasteiger partial charge >= 0.3 is 0 Å². The number of carbonyl (C=O) groups is 1. The lowest BCUT2D eigenvalue weighted by Crippen LogP contribution is -2.41. The Bertz CT molecular complexity index is 1380. The smallest absolute Gasteiger partial charge is 0.265 e. The number of sulfonamides is 1. The molecule has 3 aromatic rings. The molecule has 3 aromatic carbocycles. The lowest BCUT2D eigenvalue weighted by Gasteiger charge is -2.26. The Morgan fingerprint density at radius 1 is 0.872 bits per heavy atom. The van der Waals surface area contributed by atoms with Crippen molar-refractivity contribution < 1.29 is 32.2 Å². The van der Waals surface area contributed by atoms with E-state index in [0.29, 0.717) is 23.8 Å². The maximum absolute atomic E-state index is 13.9. The highest BCUT2D eigenvalue weighted by Gasteiger charge is 2.31. The number of thioether (sulfide) groups is 1. The number of aryl methyl sites for hydroxylation is 1. The minimum atomic E-state index is -4.24. The summed E-state index contributed by atoms with van der Waals surface area (Å²) in [5, 5.41) is 2.83. The molecule has 3 rings (SSSR count). The van der Waals surface area contributed by atoms with Crippen LogP contribution in [0.25, 0.3) is 0 Å². The number of benzene rings is 3. The van der Waals surface area contributed by atoms with Gasteiger partial charge in [0.05, 0.1) is 39.0 Å². The minimum absolute atomic E-state index is 0.0773. The lowest BCUT2D eigenvalue weighted by molar-refractivity contribution is -0.119. The number of hydrogen-bond acceptors (Lipinski definition) is 8. The Kier molecular flexibility index (Phi) is 10.8. The second-order valence-electron chi connectivity index (χ2n) is 8.46. The van der Waals surface area contributed by atoms with Gasteiger partial charge in [0.2, 0.25) is 5.91 Å². The fraction of sp³-hybridized carbons (Fsp3) is 0.321. The Balaban J connectivity index is 1.82. The third kappa shape index (κ3) is 7.73. The van der Waals surface area contributed by atoms with Crippen LogP contribution in [0.5, 0.6) is 23.0 Å². The molecule has 0 saturated carbocycles. The van der Waals surface area contributed by atoms with Gasteiger partial charge in [0, 0.05) is 30.2 Å². The van der Waals surface area contributed by atoms with Crippen molar-refractivity contribution in [3.05, 3.63) is 71.8 Å². The summed E-state index contributed by atoms with van der Waals surface area (Å²) in [4.78, 5) is 12.9. The molecule has 1 amide bonds. The summed E-state index contributed by atoms with van der Waals surface area (Å²) in [6, 6.07) is 17.3. The zero-order chi connectivity index (χ0) is 28.4. The molecule has 1 N–H and O–H groups in total. The molecule has 0 unspecified atom stereocenters. The first-order valence-electron chi connectivity index (χ1n) is 12.1. The predicted octanol–water partition coefficient (Wildman–Crippen LogP) is 4.27. The quantitative estimate of drug-likeness (QED) is 0.285. The van der Waals surface area contributed by atoms with Crippen LogP contribution in [-0.2, 0) is 20.6 Å². The third-order valence-electron chi connectivity index (χ3n) is 5.80. The Hall–Kier alpha value is -3.57. The maximum Gasteiger partial charge on any atom is 0.265 e. The number of amides is 1. The molecule has 0 aliphatic rings. The third-order valence-corrected chi connectivity index (χ3v) is 8.59. The first-order valence-corrected chi connectivity index (χ1v) is 14.7. The number of nitrogens with one attached hydrogen (secondary N) is 1. The summed E-state index contributed by atoms with van der Waals surface area (Å²) < 4.78 is 50.1. The minimum Gasteiger partial charge on any atom is -0.497 e. The van der Waals surface area contributed by atoms with E-state index in [1.165, 1.54) is 63.8 Å². The molecule has 0 atom stereocenters. The highest BCUT2D eigenvalue weighted by molar-refractivity contribution is 7.98. The average Bonchev–Trinajstić information content (AvgIpc) is 2.94. The molecule has 11 heteroatoms. The van der Waals surface area contributed by atoms with Crippen LogP contribution in [-0.4, -0.2) is 61.6 Å². The fourth-order valence-corrected chi connectivity index (χ4v) is 6.08. The van der Waals surface area contributed by atoms with Crippen LogP contribution in [0.3, 0.4) is 0 Å². The van der Waals surface area contributed by atoms with Gasteiger partial charge in [-0.3, -0.25) is 9.10 Å². The van der Waals surface area contributed by atoms with Crippen LogP contribution in [0.2, 0.25) is 0 Å². The van der Waals surface area contributed by atoms with Crippen molar-refractivity contribution in [1.82, 2.24) is 5.32 Å². The lowest BCUT2D eigenvalue weighted by atomic mass is 10.2. The fourth-order valence-electron chi connectivity index (χ4n) is 3.84. The van der Waals surface area contributed by atoms with Crippen LogP contribution in [0.15, 0.2) is 65.6 Å². The van der Waals surface area contributed by atoms with Crippen molar-refractivity contribution in [3.8, 4) is 23.0 Å². The van der Waals surface area contributed by atoms with Crippen LogP contribution < -0.4 is 28.6 Å². The van der Waals surface area contributed by atoms with Gasteiger partial charge in [-0.1, -0.05) is 29.8 Å². The molecule has 0 aliphatic carbocycles. The molecule has 0 fully saturated rings. The summed E-state index contributed by atoms with van der Waals surface area (Å²) in [5.74, 6) is 2.32. The summed E-state index contributed by atoms with van der Waals surface area (Å²) >= 11 is 1.68. The summed E-state index contributed by atoms with van der Waals surface area (Å²) in [6.45, 7) is 1.96. The van der Waals surface area contributed by atoms with E-state index in [1.807, 2.05) is 19.1 Å². The monoisotopic (exact) mass is 574 g/mol. The van der Waals surface area contributed by atoms with Crippen molar-refractivity contribution in [2.75, 3.05) is 51.6 Å². The average molecular weight is 575 g/mol. The SMILES string of the molecule is COc1ccc(OC)c(N(CC(=O)NCCSCc2cccc(C)c2)S(=O)(=O)c2ccc(OC)c(OC)c2)c1. The molecule has 0 aromatic heterocycles. The highest BCUT2D eigenvalue weighted by Crippen LogP contribution is 2.37. The molecular weight excluding hydrogens is 540 g/mol. The summed E-state index contributed by atoms with van der Waals surface area (Å²) in [5.41, 5.74) is 2.57. The number of hydrogen-bond donors (Lipinski definition) is 1. The van der Waals surface area contributed by atoms with E-state index in [4.69, 9.17) is 18.9 Å². The molecule has 0 saturated heterocycles. The topological polar surface area (TPSA) is 103 Å². The molecule has 0 bridgehead atoms. The second-order valence-corrected chi connectivity index (χ2v) is 11.4. The van der Waals surface area contributed by atoms with Crippen molar-refractivity contribution >= 4 is 33.4 Å². The van der Waals surface area contributed by atoms with E-state index in [0.717, 1.165) is 10.1 Å². The van der Waals surface area contributed by atoms with Crippen molar-refractivity contribution in [1.29, 1.82) is 0 Å². The Morgan fingerprint density at radius 2 is 1.59 bits per heavy atom. The molecule has 0 spiro atoms. The molecule has 210 valence electrons. The van der Waals surface area contributed by atoms with Gasteiger partial charge < -0.3 is 24.3 Å². The number of ether oxygens (including phenoxy) is 4. The van der Waals surface area contributed by atoms with Gasteiger partial charge in [0.1, 0.15) is 18.0 Å². The first-order chi connectivity index (χ1) is 18.7. The molecule has 0 heterocycles. The van der Waals surface area contributed by atoms with E-state index in [1.54, 1.807) is 23.9 Å². The van der Waals surface area contributed by atoms with Crippen molar-refractivity contribution in [2.45, 2.75) is 17.6 Å². The van der Waals surface area contributed by atoms with Crippen LogP contribution in [0.4, 0.5) is 5.69 Å². The van der Waals surface area contributed by atoms with E-state index in [2.05, 4.69) is 17.4 Å². The van der Waals surface area contributed by atoms with Gasteiger partial charge in [-0.15, -0.1) is 0 Å². The van der Waals surface area contributed by atoms with Gasteiger partial charge in [-0.2, -0.15) is 11.8 Å². The number of nitrogens with zero attached hydrogens (tertiary/aromatic N) is 1. The number of methoxy groups -OCH3 is 4. The molecule has 9 nitrogen and oxygen atoms in total. The van der Waals surface area contributed by atoms with Gasteiger partial charge in [0.25, 0.3) is 10.0 Å². The summed E-state index contributed by atoms with van der Waals surface area (Å²) in [6.07, 6.45) is 0. The first kappa shape index (κ1) is 30.0. The molecule has 0 aliphatic heterocycles. The highest BCUT2D eigenvalue weighted by atomic mass is 32.2. The normalized spacial score (nSPS) is 11.0. The standard InChI is InChI=1S/C28H34N2O7S2/c1-20-7-6-8-21(15-20)19-38-14-13-29-28(31)18-30(24-16-22(34-2)9-11-25(24)35-3)39(32,33)23-10-12-26(36-4)27(17-23)37-5/h6-12,15-17H,13-14,18-19H2,1-5H3,(H,29,31). The van der Waals surface area contributed by atoms with Crippen molar-refractivity contribution in [3.63, 3.8) is 0 Å². The molecule has 39 heavy (non-hydrogen) atoms. The van der Waals surface area contributed by atoms with Gasteiger partial charge in [-0.25, -0.2) is 8.42 Å². The van der Waals surface area contributed by atoms with Crippen LogP contribution in [0, 0.1) is 6.92 Å². The number of carbonyl (C=O) groups excluding carboxylic acids is 1. The van der Waals surface area contributed by atoms with Gasteiger partial charge in [-0.05, 0) is 36.8 Å². The zero-order valence-electron chi connectivity index (χ0n) is 22.7. The number of anilines is 1. The molecule has 0 radical (unpaired) electrons. The predicted molar refractivity (Wildman–Crippen MR) is 154 cm³/mol. The Morgan fingerprint density at radius 3 is 2.26 bits per heavy atom. The van der Waals surface area contributed by atoms with E-state index >= 15 is 0 Å². The van der Waals surface area contributed by atoms with E-state index in [9.17, 15) is 13.2 Å². The summed E-state index contributed by atoms with van der Waals surface area (Å²) in [7, 11) is 1.54. The van der Waals surface area contributed by atoms with Crippen LogP contribution >= 0.6 is 11.8 Å². The van der Waals surface area contributed by atoms with Gasteiger partial charge in [0.15, 0.2) is 11.5 Å². The molecular formula is C28H34N2O7S2. The number of rotatable bonds is 14. The largest absolute Gasteiger partial charge is 0.497 e. The van der Waals surface area contributed by atoms with Crippen molar-refractivity contribution in [2.24, 2.45) is 0 Å². The Labute approximate surface area is 234 Å². The van der Waals surface area contributed by atoms with E-state index in [-0.39, 0.29) is 22.1 Å². The van der Waals surface area contributed by atoms with Crippen LogP contribution in [0.1, 0.15) is 11.1 Å². The van der Waals surface area contributed by atoms with E-state index < -0.39 is 22.5 Å².